The Morgan fingerprint density at radius 2 is 1.03 bits per heavy atom. The van der Waals surface area contributed by atoms with E-state index in [9.17, 15) is 0 Å². The summed E-state index contributed by atoms with van der Waals surface area (Å²) in [6.07, 6.45) is 2.12. The van der Waals surface area contributed by atoms with Crippen molar-refractivity contribution in [3.05, 3.63) is 123 Å². The number of hydrogen-bond acceptors (Lipinski definition) is 4. The maximum Gasteiger partial charge on any atom is 0.124 e. The summed E-state index contributed by atoms with van der Waals surface area (Å²) in [7, 11) is 0. The third kappa shape index (κ3) is 3.44. The van der Waals surface area contributed by atoms with Crippen LogP contribution in [0.25, 0.3) is 31.5 Å². The smallest absolute Gasteiger partial charge is 0.124 e. The van der Waals surface area contributed by atoms with Gasteiger partial charge in [-0.3, -0.25) is 0 Å². The zero-order chi connectivity index (χ0) is 26.8. The number of nitrogens with zero attached hydrogens (tertiary/aromatic N) is 1. The van der Waals surface area contributed by atoms with Gasteiger partial charge in [0, 0.05) is 20.9 Å². The molecule has 1 aliphatic carbocycles. The van der Waals surface area contributed by atoms with Crippen LogP contribution in [0.3, 0.4) is 0 Å². The van der Waals surface area contributed by atoms with Crippen molar-refractivity contribution in [3.8, 4) is 10.6 Å². The van der Waals surface area contributed by atoms with Gasteiger partial charge >= 0.3 is 0 Å². The predicted molar refractivity (Wildman–Crippen MR) is 173 cm³/mol. The Kier molecular flexibility index (Phi) is 6.07. The van der Waals surface area contributed by atoms with E-state index in [0.29, 0.717) is 0 Å². The zero-order valence-electron chi connectivity index (χ0n) is 22.7. The summed E-state index contributed by atoms with van der Waals surface area (Å²) in [5.74, 6) is 0. The van der Waals surface area contributed by atoms with Crippen molar-refractivity contribution in [1.82, 2.24) is 4.98 Å². The van der Waals surface area contributed by atoms with Crippen LogP contribution in [0.1, 0.15) is 51.7 Å². The van der Waals surface area contributed by atoms with Gasteiger partial charge in [0.25, 0.3) is 0 Å². The number of allylic oxidation sites excluding steroid dienone is 2. The maximum absolute atomic E-state index is 5.47. The van der Waals surface area contributed by atoms with E-state index in [0.717, 1.165) is 17.8 Å². The second kappa shape index (κ2) is 9.40. The molecule has 0 saturated heterocycles. The van der Waals surface area contributed by atoms with E-state index < -0.39 is 0 Å². The molecule has 7 rings (SSSR count). The molecule has 1 aromatic heterocycles. The minimum absolute atomic E-state index is 0.0672. The van der Waals surface area contributed by atoms with E-state index in [1.807, 2.05) is 11.3 Å². The summed E-state index contributed by atoms with van der Waals surface area (Å²) in [6.45, 7) is 9.51. The van der Waals surface area contributed by atoms with Crippen LogP contribution in [-0.2, 0) is 0 Å². The average Bonchev–Trinajstić information content (AvgIpc) is 3.65. The van der Waals surface area contributed by atoms with Crippen LogP contribution >= 0.6 is 34.9 Å². The molecule has 3 heterocycles. The van der Waals surface area contributed by atoms with Gasteiger partial charge in [-0.2, -0.15) is 0 Å². The van der Waals surface area contributed by atoms with Crippen molar-refractivity contribution in [3.63, 3.8) is 0 Å². The fourth-order valence-corrected chi connectivity index (χ4v) is 12.0. The summed E-state index contributed by atoms with van der Waals surface area (Å²) in [6, 6.07) is 32.7. The lowest BCUT2D eigenvalue weighted by Gasteiger charge is -2.49. The Morgan fingerprint density at radius 3 is 1.51 bits per heavy atom. The standard InChI is InChI=1S/C35H31NS3/c1-5-34-27(22(3)30(38-34)24-16-10-7-11-17-24)29-32(37-33(36-29)26-20-14-9-15-21-26)28-23(4)31(39-35(28,34)6-2)25-18-12-8-13-19-25/h7-21H,5-6H2,1-4H3/t34-,35-/m1/s1. The third-order valence-corrected chi connectivity index (χ3v) is 13.7. The van der Waals surface area contributed by atoms with Crippen LogP contribution in [0, 0.1) is 0 Å². The first kappa shape index (κ1) is 25.2. The molecule has 39 heavy (non-hydrogen) atoms. The molecule has 0 radical (unpaired) electrons. The Bertz CT molecular complexity index is 1670. The second-order valence-electron chi connectivity index (χ2n) is 10.5. The fourth-order valence-electron chi connectivity index (χ4n) is 6.89. The van der Waals surface area contributed by atoms with E-state index in [1.165, 1.54) is 58.7 Å². The highest BCUT2D eigenvalue weighted by atomic mass is 32.2. The highest BCUT2D eigenvalue weighted by Crippen LogP contribution is 2.72. The summed E-state index contributed by atoms with van der Waals surface area (Å²) in [5, 5.41) is 2.33. The zero-order valence-corrected chi connectivity index (χ0v) is 25.2. The van der Waals surface area contributed by atoms with Crippen molar-refractivity contribution in [2.45, 2.75) is 50.0 Å². The molecule has 1 nitrogen and oxygen atoms in total. The number of fused-ring (bicyclic) bond motifs is 4. The molecule has 0 N–H and O–H groups in total. The van der Waals surface area contributed by atoms with E-state index in [-0.39, 0.29) is 9.49 Å². The van der Waals surface area contributed by atoms with Gasteiger partial charge in [-0.05, 0) is 54.5 Å². The summed E-state index contributed by atoms with van der Waals surface area (Å²) in [5.41, 5.74) is 9.65. The van der Waals surface area contributed by atoms with Crippen molar-refractivity contribution >= 4 is 55.8 Å². The van der Waals surface area contributed by atoms with Crippen LogP contribution in [-0.4, -0.2) is 14.5 Å². The van der Waals surface area contributed by atoms with Crippen LogP contribution < -0.4 is 9.88 Å². The normalized spacial score (nSPS) is 23.8. The van der Waals surface area contributed by atoms with Gasteiger partial charge in [0.15, 0.2) is 0 Å². The number of thioether (sulfide) groups is 2. The Labute approximate surface area is 243 Å². The third-order valence-electron chi connectivity index (χ3n) is 8.62. The van der Waals surface area contributed by atoms with Crippen LogP contribution in [0.15, 0.2) is 102 Å². The lowest BCUT2D eigenvalue weighted by atomic mass is 9.70. The number of benzene rings is 3. The Morgan fingerprint density at radius 1 is 0.590 bits per heavy atom. The van der Waals surface area contributed by atoms with Gasteiger partial charge in [0.2, 0.25) is 0 Å². The molecule has 0 bridgehead atoms. The Hall–Kier alpha value is -2.79. The minimum atomic E-state index is -0.0934. The molecule has 3 aromatic carbocycles. The van der Waals surface area contributed by atoms with E-state index in [1.54, 1.807) is 0 Å². The second-order valence-corrected chi connectivity index (χ2v) is 14.1. The lowest BCUT2D eigenvalue weighted by Crippen LogP contribution is -2.56. The number of aromatic nitrogens is 1. The first-order valence-electron chi connectivity index (χ1n) is 13.8. The number of hydrogen-bond donors (Lipinski definition) is 0. The molecule has 2 aliphatic heterocycles. The summed E-state index contributed by atoms with van der Waals surface area (Å²) >= 11 is 6.12. The number of thiazole rings is 1. The van der Waals surface area contributed by atoms with Crippen molar-refractivity contribution in [1.29, 1.82) is 0 Å². The first-order valence-corrected chi connectivity index (χ1v) is 16.2. The van der Waals surface area contributed by atoms with Crippen LogP contribution in [0.4, 0.5) is 0 Å². The molecule has 0 unspecified atom stereocenters. The molecule has 3 aliphatic rings. The minimum Gasteiger partial charge on any atom is -0.236 e. The van der Waals surface area contributed by atoms with Crippen LogP contribution in [0.2, 0.25) is 0 Å². The molecule has 2 atom stereocenters. The van der Waals surface area contributed by atoms with Gasteiger partial charge in [-0.1, -0.05) is 105 Å². The van der Waals surface area contributed by atoms with E-state index >= 15 is 0 Å². The van der Waals surface area contributed by atoms with Gasteiger partial charge < -0.3 is 0 Å². The molecular formula is C35H31NS3. The quantitative estimate of drug-likeness (QED) is 0.242. The SMILES string of the molecule is CC[C@@]12SC(c3ccccc3)=C(C)C1=c1nc(-c3ccccc3)sc1=C1C(C)=C(c3ccccc3)S[C@]12CC. The first-order chi connectivity index (χ1) is 19.0. The highest BCUT2D eigenvalue weighted by Gasteiger charge is 2.63. The number of rotatable bonds is 5. The maximum atomic E-state index is 5.47. The van der Waals surface area contributed by atoms with E-state index in [2.05, 4.69) is 142 Å². The summed E-state index contributed by atoms with van der Waals surface area (Å²) in [4.78, 5) is 8.31. The fraction of sp³-hybridized carbons (Fsp3) is 0.229. The molecule has 194 valence electrons. The van der Waals surface area contributed by atoms with Crippen molar-refractivity contribution in [2.24, 2.45) is 0 Å². The largest absolute Gasteiger partial charge is 0.236 e. The van der Waals surface area contributed by atoms with Crippen LogP contribution in [0.5, 0.6) is 0 Å². The monoisotopic (exact) mass is 561 g/mol. The van der Waals surface area contributed by atoms with Crippen molar-refractivity contribution < 1.29 is 0 Å². The molecule has 0 spiro atoms. The van der Waals surface area contributed by atoms with Gasteiger partial charge in [-0.25, -0.2) is 4.98 Å². The van der Waals surface area contributed by atoms with Gasteiger partial charge in [0.05, 0.1) is 19.4 Å². The van der Waals surface area contributed by atoms with E-state index in [4.69, 9.17) is 4.98 Å². The molecule has 0 amide bonds. The van der Waals surface area contributed by atoms with Crippen molar-refractivity contribution in [2.75, 3.05) is 0 Å². The lowest BCUT2D eigenvalue weighted by molar-refractivity contribution is 0.558. The predicted octanol–water partition coefficient (Wildman–Crippen LogP) is 8.78. The molecule has 0 saturated carbocycles. The topological polar surface area (TPSA) is 12.9 Å². The highest BCUT2D eigenvalue weighted by molar-refractivity contribution is 8.14. The van der Waals surface area contributed by atoms with Gasteiger partial charge in [-0.15, -0.1) is 34.9 Å². The summed E-state index contributed by atoms with van der Waals surface area (Å²) < 4.78 is 1.21. The molecule has 4 aromatic rings. The molecular weight excluding hydrogens is 531 g/mol. The molecule has 4 heteroatoms. The average molecular weight is 562 g/mol. The Balaban J connectivity index is 1.62. The van der Waals surface area contributed by atoms with Gasteiger partial charge in [0.1, 0.15) is 5.01 Å². The molecule has 0 fully saturated rings.